The van der Waals surface area contributed by atoms with Crippen molar-refractivity contribution in [2.45, 2.75) is 51.2 Å². The van der Waals surface area contributed by atoms with Gasteiger partial charge in [-0.05, 0) is 31.9 Å². The van der Waals surface area contributed by atoms with E-state index in [0.717, 1.165) is 30.8 Å². The van der Waals surface area contributed by atoms with Crippen molar-refractivity contribution in [3.63, 3.8) is 0 Å². The van der Waals surface area contributed by atoms with Gasteiger partial charge in [0.2, 0.25) is 0 Å². The number of aromatic nitrogens is 2. The van der Waals surface area contributed by atoms with Crippen LogP contribution in [0.3, 0.4) is 0 Å². The molecule has 2 rings (SSSR count). The molecule has 0 bridgehead atoms. The summed E-state index contributed by atoms with van der Waals surface area (Å²) in [4.78, 5) is 0. The molecule has 1 aliphatic carbocycles. The Balaban J connectivity index is 1.99. The summed E-state index contributed by atoms with van der Waals surface area (Å²) in [5.74, 6) is 0.761. The molecule has 1 aliphatic rings. The Morgan fingerprint density at radius 2 is 2.00 bits per heavy atom. The van der Waals surface area contributed by atoms with E-state index in [9.17, 15) is 5.11 Å². The van der Waals surface area contributed by atoms with Crippen LogP contribution in [0.15, 0.2) is 12.1 Å². The van der Waals surface area contributed by atoms with Gasteiger partial charge in [-0.15, -0.1) is 5.10 Å². The minimum absolute atomic E-state index is 0.125. The third-order valence-corrected chi connectivity index (χ3v) is 3.11. The third kappa shape index (κ3) is 2.92. The predicted molar refractivity (Wildman–Crippen MR) is 63.3 cm³/mol. The summed E-state index contributed by atoms with van der Waals surface area (Å²) in [6, 6.07) is 3.97. The van der Waals surface area contributed by atoms with E-state index in [1.54, 1.807) is 0 Å². The van der Waals surface area contributed by atoms with Crippen molar-refractivity contribution in [2.75, 3.05) is 5.32 Å². The lowest BCUT2D eigenvalue weighted by molar-refractivity contribution is 0.144. The van der Waals surface area contributed by atoms with E-state index < -0.39 is 0 Å². The molecule has 2 unspecified atom stereocenters. The van der Waals surface area contributed by atoms with Crippen molar-refractivity contribution in [1.82, 2.24) is 10.2 Å². The molecule has 2 atom stereocenters. The zero-order valence-corrected chi connectivity index (χ0v) is 9.69. The van der Waals surface area contributed by atoms with Crippen LogP contribution in [-0.4, -0.2) is 27.4 Å². The molecule has 1 aromatic rings. The van der Waals surface area contributed by atoms with E-state index in [2.05, 4.69) is 15.5 Å². The second-order valence-electron chi connectivity index (χ2n) is 4.52. The molecule has 0 aliphatic heterocycles. The number of nitrogens with one attached hydrogen (secondary N) is 1. The fourth-order valence-corrected chi connectivity index (χ4v) is 2.12. The van der Waals surface area contributed by atoms with E-state index in [-0.39, 0.29) is 12.1 Å². The molecule has 1 fully saturated rings. The Morgan fingerprint density at radius 1 is 1.19 bits per heavy atom. The number of hydrogen-bond acceptors (Lipinski definition) is 4. The highest BCUT2D eigenvalue weighted by molar-refractivity contribution is 5.34. The zero-order valence-electron chi connectivity index (χ0n) is 9.69. The van der Waals surface area contributed by atoms with Crippen LogP contribution >= 0.6 is 0 Å². The lowest BCUT2D eigenvalue weighted by atomic mass is 10.1. The molecular weight excluding hydrogens is 202 g/mol. The molecular formula is C12H19N3O. The molecule has 0 spiro atoms. The first-order chi connectivity index (χ1) is 7.75. The van der Waals surface area contributed by atoms with Crippen molar-refractivity contribution >= 4 is 5.82 Å². The summed E-state index contributed by atoms with van der Waals surface area (Å²) in [6.07, 6.45) is 5.15. The van der Waals surface area contributed by atoms with E-state index in [4.69, 9.17) is 0 Å². The number of aryl methyl sites for hydroxylation is 1. The van der Waals surface area contributed by atoms with E-state index in [0.29, 0.717) is 0 Å². The van der Waals surface area contributed by atoms with Crippen LogP contribution < -0.4 is 5.32 Å². The van der Waals surface area contributed by atoms with Gasteiger partial charge in [0, 0.05) is 0 Å². The number of nitrogens with zero attached hydrogens (tertiary/aromatic N) is 2. The molecule has 16 heavy (non-hydrogen) atoms. The van der Waals surface area contributed by atoms with E-state index in [1.165, 1.54) is 12.8 Å². The minimum atomic E-state index is -0.259. The van der Waals surface area contributed by atoms with Gasteiger partial charge in [0.25, 0.3) is 0 Å². The summed E-state index contributed by atoms with van der Waals surface area (Å²) >= 11 is 0. The maximum atomic E-state index is 9.95. The number of anilines is 1. The maximum Gasteiger partial charge on any atom is 0.148 e. The zero-order chi connectivity index (χ0) is 11.4. The fourth-order valence-electron chi connectivity index (χ4n) is 2.12. The van der Waals surface area contributed by atoms with Crippen LogP contribution in [-0.2, 0) is 0 Å². The van der Waals surface area contributed by atoms with Gasteiger partial charge in [-0.3, -0.25) is 0 Å². The Kier molecular flexibility index (Phi) is 3.72. The highest BCUT2D eigenvalue weighted by Crippen LogP contribution is 2.20. The van der Waals surface area contributed by atoms with Crippen molar-refractivity contribution in [2.24, 2.45) is 0 Å². The van der Waals surface area contributed by atoms with Gasteiger partial charge in [0.05, 0.1) is 17.8 Å². The molecule has 2 N–H and O–H groups in total. The smallest absolute Gasteiger partial charge is 0.148 e. The molecule has 1 saturated carbocycles. The third-order valence-electron chi connectivity index (χ3n) is 3.11. The van der Waals surface area contributed by atoms with Crippen LogP contribution in [0.2, 0.25) is 0 Å². The molecule has 0 aromatic carbocycles. The maximum absolute atomic E-state index is 9.95. The lowest BCUT2D eigenvalue weighted by Gasteiger charge is -2.21. The number of aliphatic hydroxyl groups is 1. The Morgan fingerprint density at radius 3 is 2.75 bits per heavy atom. The topological polar surface area (TPSA) is 58.0 Å². The van der Waals surface area contributed by atoms with Crippen LogP contribution in [0, 0.1) is 6.92 Å². The second kappa shape index (κ2) is 5.25. The van der Waals surface area contributed by atoms with Crippen LogP contribution in [0.4, 0.5) is 5.82 Å². The fraction of sp³-hybridized carbons (Fsp3) is 0.667. The molecule has 0 radical (unpaired) electrons. The second-order valence-corrected chi connectivity index (χ2v) is 4.52. The number of hydrogen-bond donors (Lipinski definition) is 2. The first-order valence-corrected chi connectivity index (χ1v) is 6.00. The molecule has 4 nitrogen and oxygen atoms in total. The monoisotopic (exact) mass is 221 g/mol. The van der Waals surface area contributed by atoms with Crippen molar-refractivity contribution in [3.05, 3.63) is 17.8 Å². The predicted octanol–water partition coefficient (Wildman–Crippen LogP) is 1.89. The quantitative estimate of drug-likeness (QED) is 0.749. The van der Waals surface area contributed by atoms with E-state index >= 15 is 0 Å². The molecule has 1 heterocycles. The molecule has 0 saturated heterocycles. The van der Waals surface area contributed by atoms with Gasteiger partial charge < -0.3 is 10.4 Å². The summed E-state index contributed by atoms with van der Waals surface area (Å²) in [6.45, 7) is 1.91. The highest BCUT2D eigenvalue weighted by atomic mass is 16.3. The molecule has 4 heteroatoms. The van der Waals surface area contributed by atoms with E-state index in [1.807, 2.05) is 19.1 Å². The van der Waals surface area contributed by atoms with Gasteiger partial charge in [0.1, 0.15) is 5.82 Å². The van der Waals surface area contributed by atoms with Gasteiger partial charge >= 0.3 is 0 Å². The number of aliphatic hydroxyl groups excluding tert-OH is 1. The Hall–Kier alpha value is -1.16. The SMILES string of the molecule is Cc1ccc(NC2CCCCCC2O)nn1. The van der Waals surface area contributed by atoms with Gasteiger partial charge in [-0.2, -0.15) is 5.10 Å². The Labute approximate surface area is 96.1 Å². The molecule has 88 valence electrons. The number of rotatable bonds is 2. The first-order valence-electron chi connectivity index (χ1n) is 6.00. The minimum Gasteiger partial charge on any atom is -0.391 e. The highest BCUT2D eigenvalue weighted by Gasteiger charge is 2.21. The van der Waals surface area contributed by atoms with Crippen LogP contribution in [0.1, 0.15) is 37.8 Å². The summed E-state index contributed by atoms with van der Waals surface area (Å²) < 4.78 is 0. The summed E-state index contributed by atoms with van der Waals surface area (Å²) in [7, 11) is 0. The largest absolute Gasteiger partial charge is 0.391 e. The van der Waals surface area contributed by atoms with Gasteiger partial charge in [-0.25, -0.2) is 0 Å². The molecule has 0 amide bonds. The lowest BCUT2D eigenvalue weighted by Crippen LogP contribution is -2.32. The van der Waals surface area contributed by atoms with Crippen molar-refractivity contribution < 1.29 is 5.11 Å². The van der Waals surface area contributed by atoms with Crippen LogP contribution in [0.5, 0.6) is 0 Å². The van der Waals surface area contributed by atoms with Gasteiger partial charge in [0.15, 0.2) is 0 Å². The van der Waals surface area contributed by atoms with Gasteiger partial charge in [-0.1, -0.05) is 19.3 Å². The average Bonchev–Trinajstić information content (AvgIpc) is 2.48. The van der Waals surface area contributed by atoms with Crippen molar-refractivity contribution in [3.8, 4) is 0 Å². The van der Waals surface area contributed by atoms with Crippen LogP contribution in [0.25, 0.3) is 0 Å². The van der Waals surface area contributed by atoms with Crippen molar-refractivity contribution in [1.29, 1.82) is 0 Å². The standard InChI is InChI=1S/C12H19N3O/c1-9-7-8-12(15-14-9)13-10-5-3-2-4-6-11(10)16/h7-8,10-11,16H,2-6H2,1H3,(H,13,15). The average molecular weight is 221 g/mol. The summed E-state index contributed by atoms with van der Waals surface area (Å²) in [5, 5.41) is 21.3. The normalized spacial score (nSPS) is 26.1. The first kappa shape index (κ1) is 11.3. The molecule has 1 aromatic heterocycles. The Bertz CT molecular complexity index is 326. The summed E-state index contributed by atoms with van der Waals surface area (Å²) in [5.41, 5.74) is 0.909.